The van der Waals surface area contributed by atoms with Crippen LogP contribution in [0, 0.1) is 12.3 Å². The molecular formula is C13H19N5O. The van der Waals surface area contributed by atoms with E-state index < -0.39 is 0 Å². The molecule has 1 unspecified atom stereocenters. The second-order valence-electron chi connectivity index (χ2n) is 5.61. The SMILES string of the molecule is Cc1noc2ncnc(NCC3(C)CCCNC3)c12. The second kappa shape index (κ2) is 4.77. The summed E-state index contributed by atoms with van der Waals surface area (Å²) in [5.41, 5.74) is 1.63. The summed E-state index contributed by atoms with van der Waals surface area (Å²) in [4.78, 5) is 8.39. The lowest BCUT2D eigenvalue weighted by Crippen LogP contribution is -2.42. The van der Waals surface area contributed by atoms with Gasteiger partial charge in [0.25, 0.3) is 5.71 Å². The van der Waals surface area contributed by atoms with Crippen LogP contribution in [0.4, 0.5) is 5.82 Å². The molecule has 0 saturated carbocycles. The largest absolute Gasteiger partial charge is 0.369 e. The summed E-state index contributed by atoms with van der Waals surface area (Å²) in [5.74, 6) is 0.815. The number of fused-ring (bicyclic) bond motifs is 1. The minimum atomic E-state index is 0.264. The van der Waals surface area contributed by atoms with Crippen molar-refractivity contribution in [3.8, 4) is 0 Å². The third-order valence-electron chi connectivity index (χ3n) is 3.81. The molecule has 0 spiro atoms. The van der Waals surface area contributed by atoms with Crippen molar-refractivity contribution in [2.45, 2.75) is 26.7 Å². The molecule has 3 heterocycles. The number of piperidine rings is 1. The van der Waals surface area contributed by atoms with E-state index in [1.54, 1.807) is 0 Å². The van der Waals surface area contributed by atoms with Gasteiger partial charge in [0.1, 0.15) is 17.5 Å². The highest BCUT2D eigenvalue weighted by Gasteiger charge is 2.27. The molecule has 3 rings (SSSR count). The first-order valence-corrected chi connectivity index (χ1v) is 6.70. The molecule has 2 aromatic rings. The van der Waals surface area contributed by atoms with Crippen molar-refractivity contribution in [3.05, 3.63) is 12.0 Å². The molecule has 6 nitrogen and oxygen atoms in total. The summed E-state index contributed by atoms with van der Waals surface area (Å²) in [6.07, 6.45) is 3.96. The van der Waals surface area contributed by atoms with Crippen molar-refractivity contribution >= 4 is 16.9 Å². The van der Waals surface area contributed by atoms with Gasteiger partial charge in [0, 0.05) is 13.1 Å². The predicted molar refractivity (Wildman–Crippen MR) is 73.0 cm³/mol. The molecule has 0 radical (unpaired) electrons. The molecule has 0 aliphatic carbocycles. The fourth-order valence-corrected chi connectivity index (χ4v) is 2.62. The number of rotatable bonds is 3. The third-order valence-corrected chi connectivity index (χ3v) is 3.81. The van der Waals surface area contributed by atoms with Crippen LogP contribution >= 0.6 is 0 Å². The summed E-state index contributed by atoms with van der Waals surface area (Å²) in [6, 6.07) is 0. The zero-order valence-corrected chi connectivity index (χ0v) is 11.4. The van der Waals surface area contributed by atoms with Gasteiger partial charge in [0.05, 0.1) is 5.69 Å². The van der Waals surface area contributed by atoms with Crippen molar-refractivity contribution in [3.63, 3.8) is 0 Å². The standard InChI is InChI=1S/C13H19N5O/c1-9-10-11(16-8-17-12(10)19-18-9)15-7-13(2)4-3-5-14-6-13/h8,14H,3-7H2,1-2H3,(H,15,16,17). The van der Waals surface area contributed by atoms with E-state index in [9.17, 15) is 0 Å². The maximum atomic E-state index is 5.15. The molecule has 0 amide bonds. The van der Waals surface area contributed by atoms with Gasteiger partial charge in [0.15, 0.2) is 0 Å². The number of nitrogens with zero attached hydrogens (tertiary/aromatic N) is 3. The molecule has 0 bridgehead atoms. The molecule has 2 aromatic heterocycles. The van der Waals surface area contributed by atoms with Crippen LogP contribution < -0.4 is 10.6 Å². The lowest BCUT2D eigenvalue weighted by atomic mass is 9.83. The lowest BCUT2D eigenvalue weighted by Gasteiger charge is -2.34. The maximum Gasteiger partial charge on any atom is 0.263 e. The number of aromatic nitrogens is 3. The Labute approximate surface area is 112 Å². The van der Waals surface area contributed by atoms with Gasteiger partial charge in [-0.05, 0) is 31.7 Å². The molecule has 1 saturated heterocycles. The van der Waals surface area contributed by atoms with Gasteiger partial charge in [-0.2, -0.15) is 4.98 Å². The number of aryl methyl sites for hydroxylation is 1. The summed E-state index contributed by atoms with van der Waals surface area (Å²) in [7, 11) is 0. The van der Waals surface area contributed by atoms with Gasteiger partial charge in [-0.15, -0.1) is 0 Å². The molecule has 19 heavy (non-hydrogen) atoms. The normalized spacial score (nSPS) is 23.7. The van der Waals surface area contributed by atoms with Crippen molar-refractivity contribution in [1.82, 2.24) is 20.4 Å². The number of hydrogen-bond donors (Lipinski definition) is 2. The number of nitrogens with one attached hydrogen (secondary N) is 2. The van der Waals surface area contributed by atoms with E-state index in [1.165, 1.54) is 19.2 Å². The highest BCUT2D eigenvalue weighted by Crippen LogP contribution is 2.28. The lowest BCUT2D eigenvalue weighted by molar-refractivity contribution is 0.253. The van der Waals surface area contributed by atoms with E-state index in [0.29, 0.717) is 5.71 Å². The van der Waals surface area contributed by atoms with E-state index >= 15 is 0 Å². The molecule has 2 N–H and O–H groups in total. The Kier molecular flexibility index (Phi) is 3.10. The van der Waals surface area contributed by atoms with Gasteiger partial charge in [0.2, 0.25) is 0 Å². The van der Waals surface area contributed by atoms with Crippen LogP contribution in [0.1, 0.15) is 25.5 Å². The van der Waals surface area contributed by atoms with E-state index in [0.717, 1.165) is 36.5 Å². The Morgan fingerprint density at radius 2 is 2.37 bits per heavy atom. The Morgan fingerprint density at radius 1 is 1.47 bits per heavy atom. The first-order valence-electron chi connectivity index (χ1n) is 6.70. The summed E-state index contributed by atoms with van der Waals surface area (Å²) >= 11 is 0. The summed E-state index contributed by atoms with van der Waals surface area (Å²) in [5, 5.41) is 11.7. The number of hydrogen-bond acceptors (Lipinski definition) is 6. The van der Waals surface area contributed by atoms with Crippen LogP contribution in [0.15, 0.2) is 10.9 Å². The smallest absolute Gasteiger partial charge is 0.263 e. The predicted octanol–water partition coefficient (Wildman–Crippen LogP) is 1.73. The molecule has 1 aliphatic rings. The molecule has 1 aliphatic heterocycles. The second-order valence-corrected chi connectivity index (χ2v) is 5.61. The molecular weight excluding hydrogens is 242 g/mol. The van der Waals surface area contributed by atoms with Crippen molar-refractivity contribution < 1.29 is 4.52 Å². The summed E-state index contributed by atoms with van der Waals surface area (Å²) in [6.45, 7) is 7.25. The van der Waals surface area contributed by atoms with Crippen LogP contribution in [0.3, 0.4) is 0 Å². The van der Waals surface area contributed by atoms with Crippen LogP contribution in [0.2, 0.25) is 0 Å². The van der Waals surface area contributed by atoms with E-state index in [2.05, 4.69) is 32.7 Å². The molecule has 102 valence electrons. The quantitative estimate of drug-likeness (QED) is 0.876. The third kappa shape index (κ3) is 2.40. The Morgan fingerprint density at radius 3 is 3.16 bits per heavy atom. The average Bonchev–Trinajstić information content (AvgIpc) is 2.80. The zero-order chi connectivity index (χ0) is 13.3. The minimum absolute atomic E-state index is 0.264. The highest BCUT2D eigenvalue weighted by molar-refractivity contribution is 5.87. The minimum Gasteiger partial charge on any atom is -0.369 e. The molecule has 0 aromatic carbocycles. The first kappa shape index (κ1) is 12.3. The molecule has 1 atom stereocenters. The fourth-order valence-electron chi connectivity index (χ4n) is 2.62. The highest BCUT2D eigenvalue weighted by atomic mass is 16.5. The van der Waals surface area contributed by atoms with Crippen LogP contribution in [-0.4, -0.2) is 34.8 Å². The van der Waals surface area contributed by atoms with Gasteiger partial charge in [-0.1, -0.05) is 12.1 Å². The van der Waals surface area contributed by atoms with Crippen molar-refractivity contribution in [2.24, 2.45) is 5.41 Å². The topological polar surface area (TPSA) is 75.9 Å². The van der Waals surface area contributed by atoms with E-state index in [-0.39, 0.29) is 5.41 Å². The number of anilines is 1. The van der Waals surface area contributed by atoms with Gasteiger partial charge >= 0.3 is 0 Å². The molecule has 1 fully saturated rings. The van der Waals surface area contributed by atoms with E-state index in [4.69, 9.17) is 4.52 Å². The Balaban J connectivity index is 1.80. The van der Waals surface area contributed by atoms with Gasteiger partial charge in [-0.25, -0.2) is 4.98 Å². The maximum absolute atomic E-state index is 5.15. The van der Waals surface area contributed by atoms with E-state index in [1.807, 2.05) is 6.92 Å². The molecule has 6 heteroatoms. The van der Waals surface area contributed by atoms with Crippen LogP contribution in [0.25, 0.3) is 11.1 Å². The van der Waals surface area contributed by atoms with Crippen molar-refractivity contribution in [2.75, 3.05) is 25.0 Å². The zero-order valence-electron chi connectivity index (χ0n) is 11.4. The first-order chi connectivity index (χ1) is 9.18. The van der Waals surface area contributed by atoms with Crippen LogP contribution in [0.5, 0.6) is 0 Å². The monoisotopic (exact) mass is 261 g/mol. The Hall–Kier alpha value is -1.69. The average molecular weight is 261 g/mol. The van der Waals surface area contributed by atoms with Gasteiger partial charge in [-0.3, -0.25) is 0 Å². The fraction of sp³-hybridized carbons (Fsp3) is 0.615. The Bertz CT molecular complexity index is 573. The van der Waals surface area contributed by atoms with Crippen molar-refractivity contribution in [1.29, 1.82) is 0 Å². The summed E-state index contributed by atoms with van der Waals surface area (Å²) < 4.78 is 5.15. The van der Waals surface area contributed by atoms with Crippen LogP contribution in [-0.2, 0) is 0 Å². The van der Waals surface area contributed by atoms with Gasteiger partial charge < -0.3 is 15.2 Å².